The predicted molar refractivity (Wildman–Crippen MR) is 75.7 cm³/mol. The SMILES string of the molecule is Cc1ccc([N+](=O)[O-])cc1C(=O)NC1(CC(=O)O)CCOC1. The van der Waals surface area contributed by atoms with Gasteiger partial charge in [0.15, 0.2) is 0 Å². The zero-order valence-electron chi connectivity index (χ0n) is 12.0. The summed E-state index contributed by atoms with van der Waals surface area (Å²) in [5.41, 5.74) is -0.427. The molecule has 0 saturated carbocycles. The van der Waals surface area contributed by atoms with E-state index in [0.29, 0.717) is 18.6 Å². The lowest BCUT2D eigenvalue weighted by Gasteiger charge is -2.27. The molecule has 0 radical (unpaired) electrons. The molecule has 22 heavy (non-hydrogen) atoms. The third-order valence-corrected chi connectivity index (χ3v) is 3.65. The minimum Gasteiger partial charge on any atom is -0.481 e. The summed E-state index contributed by atoms with van der Waals surface area (Å²) in [5, 5.41) is 22.5. The van der Waals surface area contributed by atoms with Gasteiger partial charge in [0.2, 0.25) is 0 Å². The summed E-state index contributed by atoms with van der Waals surface area (Å²) in [7, 11) is 0. The van der Waals surface area contributed by atoms with E-state index >= 15 is 0 Å². The molecule has 1 fully saturated rings. The Morgan fingerprint density at radius 1 is 1.50 bits per heavy atom. The van der Waals surface area contributed by atoms with Crippen LogP contribution in [0.15, 0.2) is 18.2 Å². The number of amides is 1. The minimum absolute atomic E-state index is 0.110. The molecule has 0 bridgehead atoms. The smallest absolute Gasteiger partial charge is 0.305 e. The molecule has 1 amide bonds. The van der Waals surface area contributed by atoms with Crippen molar-refractivity contribution in [2.75, 3.05) is 13.2 Å². The van der Waals surface area contributed by atoms with E-state index in [1.807, 2.05) is 0 Å². The summed E-state index contributed by atoms with van der Waals surface area (Å²) >= 11 is 0. The molecule has 1 aliphatic rings. The molecular formula is C14H16N2O6. The first kappa shape index (κ1) is 15.9. The number of aliphatic carboxylic acids is 1. The summed E-state index contributed by atoms with van der Waals surface area (Å²) in [6.45, 7) is 2.13. The van der Waals surface area contributed by atoms with Crippen LogP contribution in [0.5, 0.6) is 0 Å². The second kappa shape index (κ2) is 6.10. The van der Waals surface area contributed by atoms with Crippen molar-refractivity contribution >= 4 is 17.6 Å². The van der Waals surface area contributed by atoms with Gasteiger partial charge >= 0.3 is 5.97 Å². The van der Waals surface area contributed by atoms with Crippen LogP contribution in [0.3, 0.4) is 0 Å². The van der Waals surface area contributed by atoms with Crippen LogP contribution in [0.25, 0.3) is 0 Å². The summed E-state index contributed by atoms with van der Waals surface area (Å²) in [6, 6.07) is 3.99. The highest BCUT2D eigenvalue weighted by atomic mass is 16.6. The van der Waals surface area contributed by atoms with Gasteiger partial charge in [0, 0.05) is 24.3 Å². The largest absolute Gasteiger partial charge is 0.481 e. The van der Waals surface area contributed by atoms with Crippen molar-refractivity contribution in [1.82, 2.24) is 5.32 Å². The zero-order chi connectivity index (χ0) is 16.3. The number of carbonyl (C=O) groups excluding carboxylic acids is 1. The van der Waals surface area contributed by atoms with Crippen molar-refractivity contribution in [3.05, 3.63) is 39.4 Å². The number of nitrogens with zero attached hydrogens (tertiary/aromatic N) is 1. The number of nitrogens with one attached hydrogen (secondary N) is 1. The summed E-state index contributed by atoms with van der Waals surface area (Å²) in [4.78, 5) is 33.6. The standard InChI is InChI=1S/C14H16N2O6/c1-9-2-3-10(16(20)21)6-11(9)13(19)15-14(7-12(17)18)4-5-22-8-14/h2-3,6H,4-5,7-8H2,1H3,(H,15,19)(H,17,18). The molecule has 2 rings (SSSR count). The summed E-state index contributed by atoms with van der Waals surface area (Å²) < 4.78 is 5.20. The first-order valence-corrected chi connectivity index (χ1v) is 6.70. The van der Waals surface area contributed by atoms with Gasteiger partial charge in [-0.05, 0) is 18.9 Å². The molecule has 0 aromatic heterocycles. The Bertz CT molecular complexity index is 622. The van der Waals surface area contributed by atoms with E-state index < -0.39 is 22.3 Å². The molecule has 2 N–H and O–H groups in total. The molecule has 1 atom stereocenters. The number of hydrogen-bond acceptors (Lipinski definition) is 5. The van der Waals surface area contributed by atoms with Gasteiger partial charge in [-0.1, -0.05) is 6.07 Å². The van der Waals surface area contributed by atoms with E-state index in [9.17, 15) is 19.7 Å². The van der Waals surface area contributed by atoms with Crippen LogP contribution in [0, 0.1) is 17.0 Å². The zero-order valence-corrected chi connectivity index (χ0v) is 12.0. The quantitative estimate of drug-likeness (QED) is 0.624. The van der Waals surface area contributed by atoms with Gasteiger partial charge in [-0.15, -0.1) is 0 Å². The molecule has 0 aliphatic carbocycles. The van der Waals surface area contributed by atoms with E-state index in [2.05, 4.69) is 5.32 Å². The number of non-ortho nitro benzene ring substituents is 1. The van der Waals surface area contributed by atoms with Crippen molar-refractivity contribution in [2.45, 2.75) is 25.3 Å². The van der Waals surface area contributed by atoms with Crippen LogP contribution < -0.4 is 5.32 Å². The first-order valence-electron chi connectivity index (χ1n) is 6.70. The average Bonchev–Trinajstić information content (AvgIpc) is 2.85. The highest BCUT2D eigenvalue weighted by Gasteiger charge is 2.39. The Balaban J connectivity index is 2.25. The molecule has 8 nitrogen and oxygen atoms in total. The third-order valence-electron chi connectivity index (χ3n) is 3.65. The summed E-state index contributed by atoms with van der Waals surface area (Å²) in [5.74, 6) is -1.57. The van der Waals surface area contributed by atoms with Crippen LogP contribution in [0.1, 0.15) is 28.8 Å². The maximum Gasteiger partial charge on any atom is 0.305 e. The van der Waals surface area contributed by atoms with Crippen molar-refractivity contribution < 1.29 is 24.4 Å². The van der Waals surface area contributed by atoms with Crippen molar-refractivity contribution in [1.29, 1.82) is 0 Å². The van der Waals surface area contributed by atoms with E-state index in [1.165, 1.54) is 18.2 Å². The van der Waals surface area contributed by atoms with Gasteiger partial charge in [0.1, 0.15) is 0 Å². The number of nitro groups is 1. The number of carboxylic acids is 1. The third kappa shape index (κ3) is 3.40. The molecule has 118 valence electrons. The lowest BCUT2D eigenvalue weighted by atomic mass is 9.93. The minimum atomic E-state index is -1.04. The molecule has 1 aliphatic heterocycles. The van der Waals surface area contributed by atoms with Crippen LogP contribution >= 0.6 is 0 Å². The van der Waals surface area contributed by atoms with Crippen molar-refractivity contribution in [3.8, 4) is 0 Å². The van der Waals surface area contributed by atoms with Crippen LogP contribution in [-0.4, -0.2) is 40.7 Å². The fourth-order valence-electron chi connectivity index (χ4n) is 2.46. The fourth-order valence-corrected chi connectivity index (χ4v) is 2.46. The van der Waals surface area contributed by atoms with E-state index in [4.69, 9.17) is 9.84 Å². The van der Waals surface area contributed by atoms with E-state index in [-0.39, 0.29) is 24.3 Å². The number of ether oxygens (including phenoxy) is 1. The maximum atomic E-state index is 12.4. The average molecular weight is 308 g/mol. The van der Waals surface area contributed by atoms with Crippen LogP contribution in [0.2, 0.25) is 0 Å². The molecule has 1 unspecified atom stereocenters. The lowest BCUT2D eigenvalue weighted by Crippen LogP contribution is -2.50. The molecule has 1 aromatic carbocycles. The molecule has 1 aromatic rings. The first-order chi connectivity index (χ1) is 10.3. The van der Waals surface area contributed by atoms with Gasteiger partial charge in [0.25, 0.3) is 11.6 Å². The highest BCUT2D eigenvalue weighted by molar-refractivity contribution is 5.97. The topological polar surface area (TPSA) is 119 Å². The van der Waals surface area contributed by atoms with Gasteiger partial charge < -0.3 is 15.2 Å². The van der Waals surface area contributed by atoms with Crippen molar-refractivity contribution in [2.24, 2.45) is 0 Å². The van der Waals surface area contributed by atoms with Gasteiger partial charge in [-0.25, -0.2) is 0 Å². The number of carboxylic acid groups (broad SMARTS) is 1. The number of benzene rings is 1. The van der Waals surface area contributed by atoms with Gasteiger partial charge in [0.05, 0.1) is 23.5 Å². The number of carbonyl (C=O) groups is 2. The number of aryl methyl sites for hydroxylation is 1. The monoisotopic (exact) mass is 308 g/mol. The Morgan fingerprint density at radius 3 is 2.77 bits per heavy atom. The highest BCUT2D eigenvalue weighted by Crippen LogP contribution is 2.24. The Kier molecular flexibility index (Phi) is 4.41. The molecular weight excluding hydrogens is 292 g/mol. The second-order valence-corrected chi connectivity index (χ2v) is 5.36. The van der Waals surface area contributed by atoms with Gasteiger partial charge in [-0.2, -0.15) is 0 Å². The number of hydrogen-bond donors (Lipinski definition) is 2. The molecule has 8 heteroatoms. The Morgan fingerprint density at radius 2 is 2.23 bits per heavy atom. The molecule has 0 spiro atoms. The van der Waals surface area contributed by atoms with E-state index in [0.717, 1.165) is 0 Å². The van der Waals surface area contributed by atoms with Crippen molar-refractivity contribution in [3.63, 3.8) is 0 Å². The number of nitro benzene ring substituents is 1. The molecule has 1 heterocycles. The predicted octanol–water partition coefficient (Wildman–Crippen LogP) is 1.27. The summed E-state index contributed by atoms with van der Waals surface area (Å²) in [6.07, 6.45) is 0.131. The lowest BCUT2D eigenvalue weighted by molar-refractivity contribution is -0.384. The number of rotatable bonds is 5. The Hall–Kier alpha value is -2.48. The maximum absolute atomic E-state index is 12.4. The second-order valence-electron chi connectivity index (χ2n) is 5.36. The van der Waals surface area contributed by atoms with E-state index in [1.54, 1.807) is 6.92 Å². The normalized spacial score (nSPS) is 20.6. The van der Waals surface area contributed by atoms with Crippen LogP contribution in [-0.2, 0) is 9.53 Å². The fraction of sp³-hybridized carbons (Fsp3) is 0.429. The van der Waals surface area contributed by atoms with Crippen LogP contribution in [0.4, 0.5) is 5.69 Å². The Labute approximate surface area is 126 Å². The molecule has 1 saturated heterocycles. The van der Waals surface area contributed by atoms with Gasteiger partial charge in [-0.3, -0.25) is 19.7 Å².